The number of benzene rings is 1. The lowest BCUT2D eigenvalue weighted by Crippen LogP contribution is -2.46. The predicted octanol–water partition coefficient (Wildman–Crippen LogP) is 2.23. The van der Waals surface area contributed by atoms with E-state index in [1.807, 2.05) is 6.07 Å². The smallest absolute Gasteiger partial charge is 0.0866 e. The van der Waals surface area contributed by atoms with Crippen LogP contribution in [-0.2, 0) is 0 Å². The minimum absolute atomic E-state index is 0.562. The van der Waals surface area contributed by atoms with E-state index in [1.165, 1.54) is 11.1 Å². The van der Waals surface area contributed by atoms with Crippen LogP contribution < -0.4 is 0 Å². The molecule has 0 radical (unpaired) electrons. The number of rotatable bonds is 4. The van der Waals surface area contributed by atoms with Crippen LogP contribution in [0.1, 0.15) is 12.5 Å². The van der Waals surface area contributed by atoms with Gasteiger partial charge >= 0.3 is 0 Å². The fraction of sp³-hybridized carbons (Fsp3) is 0.438. The highest BCUT2D eigenvalue weighted by Gasteiger charge is 2.16. The van der Waals surface area contributed by atoms with Crippen LogP contribution in [0.2, 0.25) is 0 Å². The first-order valence-electron chi connectivity index (χ1n) is 6.82. The Bertz CT molecular complexity index is 451. The van der Waals surface area contributed by atoms with Gasteiger partial charge in [0.05, 0.1) is 12.6 Å². The summed E-state index contributed by atoms with van der Waals surface area (Å²) in [4.78, 5) is 4.68. The molecule has 0 bridgehead atoms. The van der Waals surface area contributed by atoms with Gasteiger partial charge < -0.3 is 0 Å². The zero-order valence-electron chi connectivity index (χ0n) is 11.5. The monoisotopic (exact) mass is 255 g/mol. The first kappa shape index (κ1) is 13.8. The van der Waals surface area contributed by atoms with Crippen LogP contribution in [0.5, 0.6) is 0 Å². The van der Waals surface area contributed by atoms with Gasteiger partial charge in [0.15, 0.2) is 0 Å². The molecular formula is C16H21N3. The number of hydrogen-bond donors (Lipinski definition) is 0. The number of nitrogens with zero attached hydrogens (tertiary/aromatic N) is 3. The average molecular weight is 255 g/mol. The number of hydrogen-bond acceptors (Lipinski definition) is 3. The second-order valence-corrected chi connectivity index (χ2v) is 5.11. The Morgan fingerprint density at radius 2 is 1.79 bits per heavy atom. The van der Waals surface area contributed by atoms with Gasteiger partial charge in [0.2, 0.25) is 0 Å². The highest BCUT2D eigenvalue weighted by molar-refractivity contribution is 5.52. The molecule has 1 heterocycles. The van der Waals surface area contributed by atoms with Crippen molar-refractivity contribution >= 4 is 6.08 Å². The summed E-state index contributed by atoms with van der Waals surface area (Å²) in [5, 5.41) is 8.68. The van der Waals surface area contributed by atoms with Crippen molar-refractivity contribution in [2.24, 2.45) is 0 Å². The summed E-state index contributed by atoms with van der Waals surface area (Å²) in [5.41, 5.74) is 2.66. The van der Waals surface area contributed by atoms with Crippen molar-refractivity contribution < 1.29 is 0 Å². The molecule has 0 unspecified atom stereocenters. The third kappa shape index (κ3) is 4.51. The summed E-state index contributed by atoms with van der Waals surface area (Å²) in [7, 11) is 0. The summed E-state index contributed by atoms with van der Waals surface area (Å²) in [6.45, 7) is 7.90. The summed E-state index contributed by atoms with van der Waals surface area (Å²) in [6, 6.07) is 12.7. The molecule has 0 atom stereocenters. The van der Waals surface area contributed by atoms with Crippen LogP contribution in [-0.4, -0.2) is 49.1 Å². The minimum Gasteiger partial charge on any atom is -0.297 e. The van der Waals surface area contributed by atoms with E-state index in [0.717, 1.165) is 32.7 Å². The molecule has 1 aliphatic rings. The van der Waals surface area contributed by atoms with E-state index < -0.39 is 0 Å². The second kappa shape index (κ2) is 7.08. The Morgan fingerprint density at radius 1 is 1.16 bits per heavy atom. The van der Waals surface area contributed by atoms with Crippen LogP contribution in [0.3, 0.4) is 0 Å². The van der Waals surface area contributed by atoms with Gasteiger partial charge in [-0.1, -0.05) is 42.0 Å². The maximum Gasteiger partial charge on any atom is 0.0866 e. The molecule has 3 heteroatoms. The van der Waals surface area contributed by atoms with Gasteiger partial charge in [0.25, 0.3) is 0 Å². The van der Waals surface area contributed by atoms with E-state index in [9.17, 15) is 0 Å². The van der Waals surface area contributed by atoms with Gasteiger partial charge in [0, 0.05) is 32.7 Å². The quantitative estimate of drug-likeness (QED) is 0.773. The van der Waals surface area contributed by atoms with Crippen molar-refractivity contribution in [1.29, 1.82) is 5.26 Å². The molecule has 1 aromatic rings. The standard InChI is InChI=1S/C16H21N3/c1-15(13-16-5-3-2-4-6-16)14-19-11-9-18(8-7-17)10-12-19/h2-6,13H,8-12,14H2,1H3/b15-13+. The maximum absolute atomic E-state index is 8.68. The lowest BCUT2D eigenvalue weighted by Gasteiger charge is -2.33. The van der Waals surface area contributed by atoms with Crippen molar-refractivity contribution in [1.82, 2.24) is 9.80 Å². The Balaban J connectivity index is 1.82. The molecule has 3 nitrogen and oxygen atoms in total. The van der Waals surface area contributed by atoms with Gasteiger partial charge in [-0.15, -0.1) is 0 Å². The first-order chi connectivity index (χ1) is 9.28. The van der Waals surface area contributed by atoms with Crippen molar-refractivity contribution in [2.75, 3.05) is 39.3 Å². The van der Waals surface area contributed by atoms with E-state index in [-0.39, 0.29) is 0 Å². The largest absolute Gasteiger partial charge is 0.297 e. The first-order valence-corrected chi connectivity index (χ1v) is 6.82. The van der Waals surface area contributed by atoms with Crippen LogP contribution in [0, 0.1) is 11.3 Å². The van der Waals surface area contributed by atoms with E-state index in [0.29, 0.717) is 6.54 Å². The van der Waals surface area contributed by atoms with E-state index in [2.05, 4.69) is 53.1 Å². The van der Waals surface area contributed by atoms with Crippen molar-refractivity contribution in [3.05, 3.63) is 41.5 Å². The fourth-order valence-electron chi connectivity index (χ4n) is 2.44. The Labute approximate surface area is 115 Å². The molecule has 100 valence electrons. The third-order valence-electron chi connectivity index (χ3n) is 3.44. The number of nitriles is 1. The van der Waals surface area contributed by atoms with E-state index >= 15 is 0 Å². The van der Waals surface area contributed by atoms with Crippen LogP contribution >= 0.6 is 0 Å². The molecule has 0 aromatic heterocycles. The Hall–Kier alpha value is -1.63. The Kier molecular flexibility index (Phi) is 5.14. The maximum atomic E-state index is 8.68. The molecule has 0 aliphatic carbocycles. The molecular weight excluding hydrogens is 234 g/mol. The molecule has 19 heavy (non-hydrogen) atoms. The summed E-state index contributed by atoms with van der Waals surface area (Å²) in [6.07, 6.45) is 2.25. The van der Waals surface area contributed by atoms with Crippen molar-refractivity contribution in [3.8, 4) is 6.07 Å². The molecule has 1 aromatic carbocycles. The van der Waals surface area contributed by atoms with Gasteiger partial charge in [0.1, 0.15) is 0 Å². The molecule has 0 saturated carbocycles. The lowest BCUT2D eigenvalue weighted by atomic mass is 10.1. The normalized spacial score (nSPS) is 18.2. The van der Waals surface area contributed by atoms with Gasteiger partial charge in [-0.2, -0.15) is 5.26 Å². The second-order valence-electron chi connectivity index (χ2n) is 5.11. The van der Waals surface area contributed by atoms with E-state index in [1.54, 1.807) is 0 Å². The molecule has 0 amide bonds. The van der Waals surface area contributed by atoms with Crippen LogP contribution in [0.4, 0.5) is 0 Å². The van der Waals surface area contributed by atoms with Crippen molar-refractivity contribution in [2.45, 2.75) is 6.92 Å². The van der Waals surface area contributed by atoms with Gasteiger partial charge in [-0.25, -0.2) is 0 Å². The molecule has 1 aliphatic heterocycles. The summed E-state index contributed by atoms with van der Waals surface area (Å²) < 4.78 is 0. The highest BCUT2D eigenvalue weighted by atomic mass is 15.3. The fourth-order valence-corrected chi connectivity index (χ4v) is 2.44. The average Bonchev–Trinajstić information content (AvgIpc) is 2.42. The van der Waals surface area contributed by atoms with Crippen LogP contribution in [0.25, 0.3) is 6.08 Å². The molecule has 1 fully saturated rings. The molecule has 0 N–H and O–H groups in total. The van der Waals surface area contributed by atoms with Crippen LogP contribution in [0.15, 0.2) is 35.9 Å². The molecule has 1 saturated heterocycles. The molecule has 0 spiro atoms. The Morgan fingerprint density at radius 3 is 2.42 bits per heavy atom. The SMILES string of the molecule is C/C(=C\c1ccccc1)CN1CCN(CC#N)CC1. The zero-order valence-corrected chi connectivity index (χ0v) is 11.5. The number of piperazine rings is 1. The highest BCUT2D eigenvalue weighted by Crippen LogP contribution is 2.09. The zero-order chi connectivity index (χ0) is 13.5. The third-order valence-corrected chi connectivity index (χ3v) is 3.44. The van der Waals surface area contributed by atoms with E-state index in [4.69, 9.17) is 5.26 Å². The summed E-state index contributed by atoms with van der Waals surface area (Å²) in [5.74, 6) is 0. The van der Waals surface area contributed by atoms with Gasteiger partial charge in [-0.3, -0.25) is 9.80 Å². The van der Waals surface area contributed by atoms with Crippen molar-refractivity contribution in [3.63, 3.8) is 0 Å². The lowest BCUT2D eigenvalue weighted by molar-refractivity contribution is 0.153. The minimum atomic E-state index is 0.562. The predicted molar refractivity (Wildman–Crippen MR) is 78.6 cm³/mol. The summed E-state index contributed by atoms with van der Waals surface area (Å²) >= 11 is 0. The molecule has 2 rings (SSSR count). The topological polar surface area (TPSA) is 30.3 Å². The van der Waals surface area contributed by atoms with Gasteiger partial charge in [-0.05, 0) is 12.5 Å².